The maximum Gasteiger partial charge on any atom is 0.164 e. The van der Waals surface area contributed by atoms with E-state index in [0.717, 1.165) is 22.3 Å². The molecule has 0 aliphatic heterocycles. The number of hydrogen-bond acceptors (Lipinski definition) is 3. The van der Waals surface area contributed by atoms with Crippen molar-refractivity contribution in [1.82, 2.24) is 15.0 Å². The highest BCUT2D eigenvalue weighted by Gasteiger charge is 2.52. The van der Waals surface area contributed by atoms with Crippen molar-refractivity contribution < 1.29 is 0 Å². The third kappa shape index (κ3) is 5.63. The molecular formula is C52H45N3Si2. The van der Waals surface area contributed by atoms with Gasteiger partial charge in [-0.3, -0.25) is 0 Å². The number of nitrogens with zero attached hydrogens (tertiary/aromatic N) is 3. The predicted molar refractivity (Wildman–Crippen MR) is 244 cm³/mol. The van der Waals surface area contributed by atoms with E-state index in [-0.39, 0.29) is 0 Å². The molecule has 0 atom stereocenters. The second-order valence-corrected chi connectivity index (χ2v) is 27.8. The number of benzene rings is 7. The Labute approximate surface area is 338 Å². The quantitative estimate of drug-likeness (QED) is 0.158. The molecule has 0 saturated carbocycles. The van der Waals surface area contributed by atoms with Gasteiger partial charge in [-0.05, 0) is 61.7 Å². The lowest BCUT2D eigenvalue weighted by Gasteiger charge is -2.32. The van der Waals surface area contributed by atoms with Crippen LogP contribution in [0.1, 0.15) is 22.3 Å². The molecule has 3 nitrogen and oxygen atoms in total. The van der Waals surface area contributed by atoms with Gasteiger partial charge in [-0.25, -0.2) is 15.0 Å². The van der Waals surface area contributed by atoms with Crippen LogP contribution in [0, 0.1) is 0 Å². The van der Waals surface area contributed by atoms with Gasteiger partial charge in [0.05, 0.1) is 21.6 Å². The van der Waals surface area contributed by atoms with Crippen LogP contribution in [0.4, 0.5) is 0 Å². The van der Waals surface area contributed by atoms with Crippen molar-refractivity contribution >= 4 is 26.5 Å². The van der Waals surface area contributed by atoms with Crippen LogP contribution in [-0.2, 0) is 5.41 Å². The Bertz CT molecular complexity index is 2750. The highest BCUT2D eigenvalue weighted by molar-refractivity contribution is 6.89. The van der Waals surface area contributed by atoms with Crippen molar-refractivity contribution in [2.75, 3.05) is 0 Å². The van der Waals surface area contributed by atoms with E-state index in [1.165, 1.54) is 60.4 Å². The molecule has 1 spiro atoms. The lowest BCUT2D eigenvalue weighted by atomic mass is 9.70. The zero-order valence-electron chi connectivity index (χ0n) is 33.4. The minimum atomic E-state index is -1.63. The fourth-order valence-electron chi connectivity index (χ4n) is 9.17. The summed E-state index contributed by atoms with van der Waals surface area (Å²) >= 11 is 0. The highest BCUT2D eigenvalue weighted by atomic mass is 28.3. The molecule has 57 heavy (non-hydrogen) atoms. The van der Waals surface area contributed by atoms with Crippen LogP contribution >= 0.6 is 0 Å². The summed E-state index contributed by atoms with van der Waals surface area (Å²) in [5.74, 6) is 1.98. The summed E-state index contributed by atoms with van der Waals surface area (Å²) in [7, 11) is -3.27. The normalized spacial score (nSPS) is 13.6. The maximum atomic E-state index is 5.09. The lowest BCUT2D eigenvalue weighted by Crippen LogP contribution is -2.40. The molecular weight excluding hydrogens is 723 g/mol. The van der Waals surface area contributed by atoms with E-state index < -0.39 is 21.6 Å². The molecule has 2 aliphatic rings. The van der Waals surface area contributed by atoms with Crippen LogP contribution in [0.3, 0.4) is 0 Å². The van der Waals surface area contributed by atoms with Gasteiger partial charge in [0.1, 0.15) is 0 Å². The standard InChI is InChI=1S/C52H45N3Si2/c1-56(2,3)38-27-29-41-42-30-28-39(57(4,5)6)33-47(42)52(46(41)32-38)44-25-14-13-23-43(44)48-40(24-16-26-45(48)52)36-21-15-22-37(31-36)51-54-49(34-17-9-7-10-18-34)53-50(55-51)35-19-11-8-12-20-35/h7-33H,1-6H3. The SMILES string of the molecule is C[Si](C)(C)c1ccc2c(c1)C1(c3cc([Si](C)(C)C)ccc3-2)c2ccccc2-c2c(-c3cccc(-c4nc(-c5ccccc5)nc(-c5ccccc5)n4)c3)cccc21. The van der Waals surface area contributed by atoms with Gasteiger partial charge in [0.2, 0.25) is 0 Å². The average molecular weight is 768 g/mol. The van der Waals surface area contributed by atoms with E-state index in [9.17, 15) is 0 Å². The highest BCUT2D eigenvalue weighted by Crippen LogP contribution is 2.63. The zero-order chi connectivity index (χ0) is 39.1. The molecule has 1 aromatic heterocycles. The second-order valence-electron chi connectivity index (χ2n) is 17.7. The fraction of sp³-hybridized carbons (Fsp3) is 0.135. The summed E-state index contributed by atoms with van der Waals surface area (Å²) in [4.78, 5) is 15.1. The van der Waals surface area contributed by atoms with Crippen LogP contribution in [0.25, 0.3) is 67.5 Å². The lowest BCUT2D eigenvalue weighted by molar-refractivity contribution is 0.795. The summed E-state index contributed by atoms with van der Waals surface area (Å²) in [6, 6.07) is 60.2. The topological polar surface area (TPSA) is 38.7 Å². The summed E-state index contributed by atoms with van der Waals surface area (Å²) in [6.45, 7) is 14.8. The van der Waals surface area contributed by atoms with Gasteiger partial charge in [0.15, 0.2) is 17.5 Å². The molecule has 7 aromatic carbocycles. The molecule has 0 radical (unpaired) electrons. The molecule has 10 rings (SSSR count). The first-order valence-corrected chi connectivity index (χ1v) is 27.0. The molecule has 5 heteroatoms. The van der Waals surface area contributed by atoms with Gasteiger partial charge < -0.3 is 0 Å². The summed E-state index contributed by atoms with van der Waals surface area (Å²) < 4.78 is 0. The van der Waals surface area contributed by atoms with Crippen LogP contribution in [0.2, 0.25) is 39.3 Å². The zero-order valence-corrected chi connectivity index (χ0v) is 35.4. The summed E-state index contributed by atoms with van der Waals surface area (Å²) in [5, 5.41) is 2.99. The molecule has 0 N–H and O–H groups in total. The fourth-order valence-corrected chi connectivity index (χ4v) is 11.5. The third-order valence-corrected chi connectivity index (χ3v) is 16.2. The Morgan fingerprint density at radius 2 is 0.772 bits per heavy atom. The van der Waals surface area contributed by atoms with Gasteiger partial charge in [-0.2, -0.15) is 0 Å². The molecule has 2 aliphatic carbocycles. The van der Waals surface area contributed by atoms with E-state index in [1.54, 1.807) is 0 Å². The monoisotopic (exact) mass is 767 g/mol. The first kappa shape index (κ1) is 35.4. The van der Waals surface area contributed by atoms with Crippen molar-refractivity contribution in [3.63, 3.8) is 0 Å². The minimum absolute atomic E-state index is 0.418. The maximum absolute atomic E-state index is 5.09. The van der Waals surface area contributed by atoms with Crippen molar-refractivity contribution in [3.8, 4) is 67.5 Å². The van der Waals surface area contributed by atoms with E-state index in [0.29, 0.717) is 17.5 Å². The van der Waals surface area contributed by atoms with E-state index >= 15 is 0 Å². The third-order valence-electron chi connectivity index (χ3n) is 12.1. The molecule has 0 saturated heterocycles. The first-order valence-electron chi connectivity index (χ1n) is 20.0. The Balaban J connectivity index is 1.21. The Morgan fingerprint density at radius 3 is 1.33 bits per heavy atom. The Morgan fingerprint density at radius 1 is 0.333 bits per heavy atom. The second kappa shape index (κ2) is 13.0. The largest absolute Gasteiger partial charge is 0.208 e. The molecule has 0 unspecified atom stereocenters. The van der Waals surface area contributed by atoms with E-state index in [4.69, 9.17) is 15.0 Å². The minimum Gasteiger partial charge on any atom is -0.208 e. The van der Waals surface area contributed by atoms with Crippen molar-refractivity contribution in [2.45, 2.75) is 44.7 Å². The summed E-state index contributed by atoms with van der Waals surface area (Å²) in [6.07, 6.45) is 0. The Hall–Kier alpha value is -6.02. The molecule has 0 amide bonds. The van der Waals surface area contributed by atoms with Gasteiger partial charge in [-0.15, -0.1) is 0 Å². The number of fused-ring (bicyclic) bond motifs is 10. The molecule has 8 aromatic rings. The van der Waals surface area contributed by atoms with Crippen molar-refractivity contribution in [1.29, 1.82) is 0 Å². The number of rotatable bonds is 6. The predicted octanol–water partition coefficient (Wildman–Crippen LogP) is 12.0. The molecule has 0 bridgehead atoms. The Kier molecular flexibility index (Phi) is 8.09. The van der Waals surface area contributed by atoms with Gasteiger partial charge in [0.25, 0.3) is 0 Å². The van der Waals surface area contributed by atoms with Gasteiger partial charge in [0, 0.05) is 16.7 Å². The summed E-state index contributed by atoms with van der Waals surface area (Å²) in [5.41, 5.74) is 15.8. The van der Waals surface area contributed by atoms with Gasteiger partial charge in [-0.1, -0.05) is 207 Å². The van der Waals surface area contributed by atoms with E-state index in [2.05, 4.69) is 167 Å². The number of hydrogen-bond donors (Lipinski definition) is 0. The first-order chi connectivity index (χ1) is 27.5. The van der Waals surface area contributed by atoms with E-state index in [1.807, 2.05) is 36.4 Å². The van der Waals surface area contributed by atoms with Crippen LogP contribution in [0.5, 0.6) is 0 Å². The van der Waals surface area contributed by atoms with Crippen molar-refractivity contribution in [2.24, 2.45) is 0 Å². The average Bonchev–Trinajstić information content (AvgIpc) is 3.70. The van der Waals surface area contributed by atoms with Crippen LogP contribution in [0.15, 0.2) is 164 Å². The molecule has 276 valence electrons. The molecule has 1 heterocycles. The van der Waals surface area contributed by atoms with Crippen molar-refractivity contribution in [3.05, 3.63) is 186 Å². The smallest absolute Gasteiger partial charge is 0.164 e. The number of aromatic nitrogens is 3. The van der Waals surface area contributed by atoms with Crippen LogP contribution in [-0.4, -0.2) is 31.1 Å². The van der Waals surface area contributed by atoms with Gasteiger partial charge >= 0.3 is 0 Å². The molecule has 0 fully saturated rings. The van der Waals surface area contributed by atoms with Crippen LogP contribution < -0.4 is 10.4 Å².